The van der Waals surface area contributed by atoms with E-state index in [-0.39, 0.29) is 28.6 Å². The molecule has 1 saturated heterocycles. The van der Waals surface area contributed by atoms with Crippen LogP contribution in [-0.2, 0) is 9.59 Å². The number of nitrogens with zero attached hydrogens (tertiary/aromatic N) is 2. The highest BCUT2D eigenvalue weighted by Gasteiger charge is 2.53. The van der Waals surface area contributed by atoms with E-state index >= 15 is 0 Å². The molecule has 0 bridgehead atoms. The minimum Gasteiger partial charge on any atom is -0.389 e. The predicted octanol–water partition coefficient (Wildman–Crippen LogP) is 0.579. The van der Waals surface area contributed by atoms with Crippen molar-refractivity contribution in [2.24, 2.45) is 23.5 Å². The fourth-order valence-corrected chi connectivity index (χ4v) is 3.28. The van der Waals surface area contributed by atoms with Gasteiger partial charge in [-0.2, -0.15) is 5.10 Å². The van der Waals surface area contributed by atoms with E-state index in [9.17, 15) is 9.59 Å². The third-order valence-corrected chi connectivity index (χ3v) is 4.20. The number of H-pyrrole nitrogens is 1. The number of nitrogens with two attached hydrogens (primary N) is 1. The molecule has 6 nitrogen and oxygen atoms in total. The van der Waals surface area contributed by atoms with E-state index in [1.54, 1.807) is 0 Å². The Hall–Kier alpha value is -1.76. The maximum Gasteiger partial charge on any atom is 0.238 e. The van der Waals surface area contributed by atoms with E-state index in [0.717, 1.165) is 12.8 Å². The molecular weight excluding hydrogens is 264 g/mol. The van der Waals surface area contributed by atoms with Gasteiger partial charge in [0.15, 0.2) is 0 Å². The lowest BCUT2D eigenvalue weighted by Gasteiger charge is -2.16. The second-order valence-corrected chi connectivity index (χ2v) is 5.74. The average Bonchev–Trinajstić information content (AvgIpc) is 2.99. The Morgan fingerprint density at radius 2 is 2.00 bits per heavy atom. The summed E-state index contributed by atoms with van der Waals surface area (Å²) in [7, 11) is 0. The molecular formula is C12H14N4O2S. The molecule has 7 heteroatoms. The first-order chi connectivity index (χ1) is 9.00. The molecule has 1 aromatic rings. The van der Waals surface area contributed by atoms with Gasteiger partial charge in [-0.15, -0.1) is 0 Å². The summed E-state index contributed by atoms with van der Waals surface area (Å²) in [5.74, 6) is -0.0105. The number of carbonyl (C=O) groups excluding carboxylic acids is 2. The van der Waals surface area contributed by atoms with Crippen LogP contribution >= 0.6 is 12.2 Å². The smallest absolute Gasteiger partial charge is 0.238 e. The van der Waals surface area contributed by atoms with E-state index in [1.807, 2.05) is 0 Å². The van der Waals surface area contributed by atoms with Gasteiger partial charge in [-0.05, 0) is 18.8 Å². The van der Waals surface area contributed by atoms with Gasteiger partial charge in [0.1, 0.15) is 10.8 Å². The zero-order valence-corrected chi connectivity index (χ0v) is 11.2. The molecule has 3 N–H and O–H groups in total. The molecule has 2 aliphatic rings. The Labute approximate surface area is 115 Å². The third kappa shape index (κ3) is 1.68. The molecule has 2 atom stereocenters. The standard InChI is InChI=1S/C12H14N4O2S/c1-5-2-6-7(3-5)12(18)16(11(6)17)10-8(9(13)19)4-14-15-10/h4-7H,2-3H2,1H3,(H2,13,19)(H,14,15). The number of hydrogen-bond acceptors (Lipinski definition) is 4. The predicted molar refractivity (Wildman–Crippen MR) is 72.3 cm³/mol. The highest BCUT2D eigenvalue weighted by atomic mass is 32.1. The molecule has 0 radical (unpaired) electrons. The van der Waals surface area contributed by atoms with Crippen LogP contribution in [0.3, 0.4) is 0 Å². The molecule has 1 aromatic heterocycles. The van der Waals surface area contributed by atoms with E-state index in [4.69, 9.17) is 18.0 Å². The van der Waals surface area contributed by atoms with E-state index in [1.165, 1.54) is 11.1 Å². The number of aromatic amines is 1. The number of hydrogen-bond donors (Lipinski definition) is 2. The van der Waals surface area contributed by atoms with Crippen LogP contribution in [0, 0.1) is 17.8 Å². The number of anilines is 1. The molecule has 2 fully saturated rings. The Balaban J connectivity index is 1.99. The van der Waals surface area contributed by atoms with Crippen LogP contribution in [0.5, 0.6) is 0 Å². The van der Waals surface area contributed by atoms with E-state index in [2.05, 4.69) is 17.1 Å². The number of rotatable bonds is 2. The minimum atomic E-state index is -0.204. The molecule has 0 spiro atoms. The van der Waals surface area contributed by atoms with Crippen LogP contribution in [0.15, 0.2) is 6.20 Å². The summed E-state index contributed by atoms with van der Waals surface area (Å²) < 4.78 is 0. The van der Waals surface area contributed by atoms with Crippen molar-refractivity contribution in [3.05, 3.63) is 11.8 Å². The van der Waals surface area contributed by atoms with Crippen LogP contribution in [-0.4, -0.2) is 27.0 Å². The van der Waals surface area contributed by atoms with Crippen LogP contribution in [0.1, 0.15) is 25.3 Å². The number of imide groups is 1. The van der Waals surface area contributed by atoms with Crippen molar-refractivity contribution in [3.63, 3.8) is 0 Å². The summed E-state index contributed by atoms with van der Waals surface area (Å²) in [6, 6.07) is 0. The van der Waals surface area contributed by atoms with Crippen molar-refractivity contribution in [1.29, 1.82) is 0 Å². The Morgan fingerprint density at radius 3 is 2.53 bits per heavy atom. The number of aromatic nitrogens is 2. The topological polar surface area (TPSA) is 92.1 Å². The number of amides is 2. The van der Waals surface area contributed by atoms with Gasteiger partial charge in [0, 0.05) is 0 Å². The molecule has 3 rings (SSSR count). The largest absolute Gasteiger partial charge is 0.389 e. The monoisotopic (exact) mass is 278 g/mol. The number of fused-ring (bicyclic) bond motifs is 1. The lowest BCUT2D eigenvalue weighted by molar-refractivity contribution is -0.123. The molecule has 1 saturated carbocycles. The van der Waals surface area contributed by atoms with Crippen molar-refractivity contribution >= 4 is 34.8 Å². The first-order valence-electron chi connectivity index (χ1n) is 6.21. The summed E-state index contributed by atoms with van der Waals surface area (Å²) in [4.78, 5) is 26.1. The second kappa shape index (κ2) is 4.12. The second-order valence-electron chi connectivity index (χ2n) is 5.30. The Morgan fingerprint density at radius 1 is 1.42 bits per heavy atom. The van der Waals surface area contributed by atoms with E-state index < -0.39 is 0 Å². The average molecular weight is 278 g/mol. The first-order valence-corrected chi connectivity index (χ1v) is 6.62. The normalized spacial score (nSPS) is 29.9. The van der Waals surface area contributed by atoms with Gasteiger partial charge in [-0.3, -0.25) is 14.7 Å². The van der Waals surface area contributed by atoms with Gasteiger partial charge in [-0.1, -0.05) is 19.1 Å². The lowest BCUT2D eigenvalue weighted by Crippen LogP contribution is -2.34. The van der Waals surface area contributed by atoms with Gasteiger partial charge in [0.25, 0.3) is 0 Å². The quantitative estimate of drug-likeness (QED) is 0.610. The summed E-state index contributed by atoms with van der Waals surface area (Å²) in [6.07, 6.45) is 2.97. The third-order valence-electron chi connectivity index (χ3n) is 3.98. The zero-order chi connectivity index (χ0) is 13.7. The highest BCUT2D eigenvalue weighted by molar-refractivity contribution is 7.80. The lowest BCUT2D eigenvalue weighted by atomic mass is 10.00. The molecule has 0 aromatic carbocycles. The number of nitrogens with one attached hydrogen (secondary N) is 1. The molecule has 100 valence electrons. The van der Waals surface area contributed by atoms with Crippen molar-refractivity contribution in [3.8, 4) is 0 Å². The van der Waals surface area contributed by atoms with Crippen molar-refractivity contribution in [2.45, 2.75) is 19.8 Å². The van der Waals surface area contributed by atoms with Crippen LogP contribution in [0.4, 0.5) is 5.82 Å². The minimum absolute atomic E-state index is 0.120. The Kier molecular flexibility index (Phi) is 2.67. The van der Waals surface area contributed by atoms with Gasteiger partial charge < -0.3 is 5.73 Å². The molecule has 1 aliphatic carbocycles. The fourth-order valence-electron chi connectivity index (χ4n) is 3.13. The summed E-state index contributed by atoms with van der Waals surface area (Å²) in [5, 5.41) is 6.48. The number of carbonyl (C=O) groups is 2. The molecule has 2 amide bonds. The molecule has 2 unspecified atom stereocenters. The van der Waals surface area contributed by atoms with Gasteiger partial charge in [-0.25, -0.2) is 4.90 Å². The van der Waals surface area contributed by atoms with Crippen molar-refractivity contribution in [1.82, 2.24) is 10.2 Å². The molecule has 1 aliphatic heterocycles. The SMILES string of the molecule is CC1CC2C(=O)N(c3[nH]ncc3C(N)=S)C(=O)C2C1. The maximum absolute atomic E-state index is 12.4. The fraction of sp³-hybridized carbons (Fsp3) is 0.500. The van der Waals surface area contributed by atoms with Gasteiger partial charge >= 0.3 is 0 Å². The summed E-state index contributed by atoms with van der Waals surface area (Å²) in [6.45, 7) is 2.07. The Bertz CT molecular complexity index is 558. The van der Waals surface area contributed by atoms with E-state index in [0.29, 0.717) is 17.3 Å². The van der Waals surface area contributed by atoms with Gasteiger partial charge in [0.05, 0.1) is 23.6 Å². The van der Waals surface area contributed by atoms with Gasteiger partial charge in [0.2, 0.25) is 11.8 Å². The maximum atomic E-state index is 12.4. The van der Waals surface area contributed by atoms with Crippen LogP contribution in [0.2, 0.25) is 0 Å². The van der Waals surface area contributed by atoms with Crippen molar-refractivity contribution < 1.29 is 9.59 Å². The first kappa shape index (κ1) is 12.3. The van der Waals surface area contributed by atoms with Crippen LogP contribution < -0.4 is 10.6 Å². The number of thiocarbonyl (C=S) groups is 1. The summed E-state index contributed by atoms with van der Waals surface area (Å²) in [5.41, 5.74) is 6.01. The molecule has 2 heterocycles. The zero-order valence-electron chi connectivity index (χ0n) is 10.4. The molecule has 19 heavy (non-hydrogen) atoms. The highest BCUT2D eigenvalue weighted by Crippen LogP contribution is 2.44. The van der Waals surface area contributed by atoms with Crippen molar-refractivity contribution in [2.75, 3.05) is 4.90 Å². The summed E-state index contributed by atoms with van der Waals surface area (Å²) >= 11 is 4.90. The van der Waals surface area contributed by atoms with Crippen LogP contribution in [0.25, 0.3) is 0 Å².